The zero-order valence-electron chi connectivity index (χ0n) is 7.89. The first-order chi connectivity index (χ1) is 7.74. The molecule has 17 heavy (non-hydrogen) atoms. The van der Waals surface area contributed by atoms with Crippen LogP contribution in [0.5, 0.6) is 5.75 Å². The zero-order chi connectivity index (χ0) is 13.2. The molecule has 1 rings (SSSR count). The molecule has 0 aliphatic carbocycles. The molecular weight excluding hydrogens is 377 g/mol. The second-order valence-electron chi connectivity index (χ2n) is 2.75. The molecule has 1 N–H and O–H groups in total. The molecule has 0 spiro atoms. The molecule has 0 amide bonds. The highest BCUT2D eigenvalue weighted by Gasteiger charge is 2.34. The number of carbonyl (C=O) groups is 1. The van der Waals surface area contributed by atoms with Crippen LogP contribution in [-0.4, -0.2) is 22.4 Å². The molecule has 1 aromatic rings. The number of hydrogen-bond acceptors (Lipinski definition) is 3. The van der Waals surface area contributed by atoms with Gasteiger partial charge in [0.25, 0.3) is 0 Å². The lowest BCUT2D eigenvalue weighted by molar-refractivity contribution is -0.274. The van der Waals surface area contributed by atoms with Crippen LogP contribution in [0.25, 0.3) is 0 Å². The summed E-state index contributed by atoms with van der Waals surface area (Å²) in [6.45, 7) is 0. The Labute approximate surface area is 112 Å². The smallest absolute Gasteiger partial charge is 0.476 e. The largest absolute Gasteiger partial charge is 0.573 e. The number of carboxylic acid groups (broad SMARTS) is 1. The second-order valence-corrected chi connectivity index (χ2v) is 4.18. The average Bonchev–Trinajstić information content (AvgIpc) is 2.14. The van der Waals surface area contributed by atoms with E-state index in [4.69, 9.17) is 16.7 Å². The number of alkyl halides is 4. The van der Waals surface area contributed by atoms with E-state index in [9.17, 15) is 18.0 Å². The zero-order valence-corrected chi connectivity index (χ0v) is 10.8. The van der Waals surface area contributed by atoms with E-state index >= 15 is 0 Å². The van der Waals surface area contributed by atoms with E-state index in [-0.39, 0.29) is 11.6 Å². The van der Waals surface area contributed by atoms with E-state index < -0.39 is 23.8 Å². The van der Waals surface area contributed by atoms with Crippen LogP contribution in [0, 0.1) is 3.57 Å². The Bertz CT molecular complexity index is 452. The van der Waals surface area contributed by atoms with E-state index in [1.807, 2.05) is 0 Å². The van der Waals surface area contributed by atoms with Crippen molar-refractivity contribution in [1.29, 1.82) is 0 Å². The van der Waals surface area contributed by atoms with Gasteiger partial charge in [-0.25, -0.2) is 9.78 Å². The third-order valence-corrected chi connectivity index (χ3v) is 2.76. The molecule has 4 nitrogen and oxygen atoms in total. The third-order valence-electron chi connectivity index (χ3n) is 1.57. The first kappa shape index (κ1) is 14.3. The second kappa shape index (κ2) is 5.25. The van der Waals surface area contributed by atoms with Crippen LogP contribution >= 0.6 is 34.2 Å². The predicted molar refractivity (Wildman–Crippen MR) is 60.2 cm³/mol. The molecule has 0 saturated heterocycles. The SMILES string of the molecule is O=C(O)c1nc(CCl)c(I)cc1OC(F)(F)F. The van der Waals surface area contributed by atoms with Gasteiger partial charge in [-0.15, -0.1) is 24.8 Å². The van der Waals surface area contributed by atoms with Gasteiger partial charge in [-0.1, -0.05) is 0 Å². The summed E-state index contributed by atoms with van der Waals surface area (Å²) in [6, 6.07) is 0.933. The molecule has 0 radical (unpaired) electrons. The topological polar surface area (TPSA) is 59.4 Å². The summed E-state index contributed by atoms with van der Waals surface area (Å²) >= 11 is 7.16. The average molecular weight is 381 g/mol. The Morgan fingerprint density at radius 2 is 2.18 bits per heavy atom. The van der Waals surface area contributed by atoms with Crippen LogP contribution in [-0.2, 0) is 5.88 Å². The highest BCUT2D eigenvalue weighted by Crippen LogP contribution is 2.28. The Hall–Kier alpha value is -0.770. The molecular formula is C8H4ClF3INO3. The number of hydrogen-bond donors (Lipinski definition) is 1. The number of halogens is 5. The van der Waals surface area contributed by atoms with Crippen LogP contribution < -0.4 is 4.74 Å². The van der Waals surface area contributed by atoms with Crippen LogP contribution in [0.1, 0.15) is 16.2 Å². The summed E-state index contributed by atoms with van der Waals surface area (Å²) in [5.74, 6) is -2.58. The van der Waals surface area contributed by atoms with Crippen molar-refractivity contribution in [1.82, 2.24) is 4.98 Å². The van der Waals surface area contributed by atoms with Gasteiger partial charge in [0.2, 0.25) is 0 Å². The molecule has 94 valence electrons. The Kier molecular flexibility index (Phi) is 4.42. The number of aromatic carboxylic acids is 1. The fourth-order valence-electron chi connectivity index (χ4n) is 0.960. The van der Waals surface area contributed by atoms with Gasteiger partial charge in [0.1, 0.15) is 0 Å². The van der Waals surface area contributed by atoms with Crippen molar-refractivity contribution >= 4 is 40.2 Å². The molecule has 9 heteroatoms. The number of pyridine rings is 1. The van der Waals surface area contributed by atoms with Gasteiger partial charge in [-0.3, -0.25) is 0 Å². The van der Waals surface area contributed by atoms with E-state index in [2.05, 4.69) is 9.72 Å². The summed E-state index contributed by atoms with van der Waals surface area (Å²) in [4.78, 5) is 14.2. The lowest BCUT2D eigenvalue weighted by Crippen LogP contribution is -2.20. The molecule has 0 fully saturated rings. The lowest BCUT2D eigenvalue weighted by atomic mass is 10.3. The highest BCUT2D eigenvalue weighted by molar-refractivity contribution is 14.1. The van der Waals surface area contributed by atoms with Gasteiger partial charge in [-0.05, 0) is 28.7 Å². The first-order valence-electron chi connectivity index (χ1n) is 3.99. The fraction of sp³-hybridized carbons (Fsp3) is 0.250. The molecule has 0 unspecified atom stereocenters. The predicted octanol–water partition coefficient (Wildman–Crippen LogP) is 3.02. The molecule has 1 heterocycles. The fourth-order valence-corrected chi connectivity index (χ4v) is 1.98. The van der Waals surface area contributed by atoms with Gasteiger partial charge in [0.15, 0.2) is 11.4 Å². The number of ether oxygens (including phenoxy) is 1. The van der Waals surface area contributed by atoms with Gasteiger partial charge in [0, 0.05) is 3.57 Å². The number of rotatable bonds is 3. The molecule has 0 bridgehead atoms. The molecule has 0 aromatic carbocycles. The maximum Gasteiger partial charge on any atom is 0.573 e. The number of aromatic nitrogens is 1. The Morgan fingerprint density at radius 1 is 1.59 bits per heavy atom. The van der Waals surface area contributed by atoms with Crippen LogP contribution in [0.3, 0.4) is 0 Å². The lowest BCUT2D eigenvalue weighted by Gasteiger charge is -2.12. The Balaban J connectivity index is 3.28. The summed E-state index contributed by atoms with van der Waals surface area (Å²) < 4.78 is 40.0. The van der Waals surface area contributed by atoms with Crippen molar-refractivity contribution in [3.8, 4) is 5.75 Å². The van der Waals surface area contributed by atoms with Crippen molar-refractivity contribution in [2.75, 3.05) is 0 Å². The van der Waals surface area contributed by atoms with Gasteiger partial charge in [0.05, 0.1) is 11.6 Å². The molecule has 0 saturated carbocycles. The Morgan fingerprint density at radius 3 is 2.59 bits per heavy atom. The van der Waals surface area contributed by atoms with Crippen molar-refractivity contribution < 1.29 is 27.8 Å². The van der Waals surface area contributed by atoms with Crippen molar-refractivity contribution in [2.45, 2.75) is 12.2 Å². The molecule has 0 atom stereocenters. The normalized spacial score (nSPS) is 11.4. The van der Waals surface area contributed by atoms with E-state index in [1.165, 1.54) is 0 Å². The monoisotopic (exact) mass is 381 g/mol. The maximum atomic E-state index is 12.0. The molecule has 0 aliphatic heterocycles. The van der Waals surface area contributed by atoms with Crippen molar-refractivity contribution in [3.63, 3.8) is 0 Å². The van der Waals surface area contributed by atoms with Gasteiger partial charge >= 0.3 is 12.3 Å². The van der Waals surface area contributed by atoms with Crippen molar-refractivity contribution in [2.24, 2.45) is 0 Å². The minimum absolute atomic E-state index is 0.106. The number of carboxylic acids is 1. The van der Waals surface area contributed by atoms with E-state index in [0.717, 1.165) is 6.07 Å². The minimum atomic E-state index is -4.97. The van der Waals surface area contributed by atoms with Gasteiger partial charge in [-0.2, -0.15) is 0 Å². The summed E-state index contributed by atoms with van der Waals surface area (Å²) in [7, 11) is 0. The summed E-state index contributed by atoms with van der Waals surface area (Å²) in [5, 5.41) is 8.72. The third kappa shape index (κ3) is 3.87. The summed E-state index contributed by atoms with van der Waals surface area (Å²) in [5.41, 5.74) is -0.641. The van der Waals surface area contributed by atoms with Crippen LogP contribution in [0.2, 0.25) is 0 Å². The van der Waals surface area contributed by atoms with E-state index in [0.29, 0.717) is 3.57 Å². The molecule has 1 aromatic heterocycles. The molecule has 0 aliphatic rings. The standard InChI is InChI=1S/C8H4ClF3INO3/c9-2-4-3(13)1-5(17-8(10,11)12)6(14-4)7(15)16/h1H,2H2,(H,15,16). The maximum absolute atomic E-state index is 12.0. The van der Waals surface area contributed by atoms with E-state index in [1.54, 1.807) is 22.6 Å². The highest BCUT2D eigenvalue weighted by atomic mass is 127. The van der Waals surface area contributed by atoms with Crippen LogP contribution in [0.15, 0.2) is 6.07 Å². The van der Waals surface area contributed by atoms with Gasteiger partial charge < -0.3 is 9.84 Å². The quantitative estimate of drug-likeness (QED) is 0.646. The summed E-state index contributed by atoms with van der Waals surface area (Å²) in [6.07, 6.45) is -4.97. The van der Waals surface area contributed by atoms with Crippen LogP contribution in [0.4, 0.5) is 13.2 Å². The van der Waals surface area contributed by atoms with Crippen molar-refractivity contribution in [3.05, 3.63) is 21.0 Å². The number of nitrogens with zero attached hydrogens (tertiary/aromatic N) is 1. The minimum Gasteiger partial charge on any atom is -0.476 e. The first-order valence-corrected chi connectivity index (χ1v) is 5.60.